The van der Waals surface area contributed by atoms with E-state index in [1.807, 2.05) is 0 Å². The third kappa shape index (κ3) is 17.4. The molecule has 1 aliphatic rings. The molecule has 338 valence electrons. The van der Waals surface area contributed by atoms with Gasteiger partial charge < -0.3 is 64.0 Å². The number of carbonyl (C=O) groups is 10. The highest BCUT2D eigenvalue weighted by atomic mass is 16.4. The molecule has 14 N–H and O–H groups in total. The van der Waals surface area contributed by atoms with Crippen LogP contribution in [0.15, 0.2) is 24.3 Å². The third-order valence-electron chi connectivity index (χ3n) is 9.58. The second-order valence-electron chi connectivity index (χ2n) is 15.8. The maximum Gasteiger partial charge on any atom is 0.326 e. The number of nitrogens with zero attached hydrogens (tertiary/aromatic N) is 1. The summed E-state index contributed by atoms with van der Waals surface area (Å²) in [5.41, 5.74) is 16.7. The number of amides is 8. The Balaban J connectivity index is 2.41. The van der Waals surface area contributed by atoms with Gasteiger partial charge in [0.05, 0.1) is 18.9 Å². The molecular weight excluding hydrogens is 802 g/mol. The number of hydrogen-bond acceptors (Lipinski definition) is 12. The molecule has 0 unspecified atom stereocenters. The number of phenolic OH excluding ortho intramolecular Hbond substituents is 1. The van der Waals surface area contributed by atoms with E-state index in [9.17, 15) is 63.3 Å². The Labute approximate surface area is 352 Å². The van der Waals surface area contributed by atoms with Crippen LogP contribution in [0.5, 0.6) is 5.75 Å². The van der Waals surface area contributed by atoms with Crippen molar-refractivity contribution in [1.29, 1.82) is 0 Å². The molecule has 7 atom stereocenters. The number of carboxylic acid groups (broad SMARTS) is 2. The number of primary amides is 2. The fourth-order valence-electron chi connectivity index (χ4n) is 6.55. The first-order chi connectivity index (χ1) is 28.5. The van der Waals surface area contributed by atoms with E-state index in [0.717, 1.165) is 4.90 Å². The minimum atomic E-state index is -1.71. The van der Waals surface area contributed by atoms with E-state index in [1.54, 1.807) is 27.7 Å². The molecule has 0 spiro atoms. The van der Waals surface area contributed by atoms with Gasteiger partial charge in [0.25, 0.3) is 0 Å². The van der Waals surface area contributed by atoms with Crippen LogP contribution in [0.2, 0.25) is 0 Å². The minimum absolute atomic E-state index is 0.00522. The molecule has 2 rings (SSSR count). The van der Waals surface area contributed by atoms with E-state index in [-0.39, 0.29) is 62.7 Å². The highest BCUT2D eigenvalue weighted by Gasteiger charge is 2.40. The first-order valence-electron chi connectivity index (χ1n) is 19.9. The van der Waals surface area contributed by atoms with Gasteiger partial charge >= 0.3 is 11.9 Å². The number of aliphatic carboxylic acids is 2. The summed E-state index contributed by atoms with van der Waals surface area (Å²) in [6.07, 6.45) is -1.79. The van der Waals surface area contributed by atoms with Crippen LogP contribution < -0.4 is 43.8 Å². The summed E-state index contributed by atoms with van der Waals surface area (Å²) in [4.78, 5) is 129. The molecule has 0 aromatic heterocycles. The molecule has 1 aromatic carbocycles. The van der Waals surface area contributed by atoms with Crippen molar-refractivity contribution in [3.63, 3.8) is 0 Å². The number of nitrogens with two attached hydrogens (primary N) is 3. The second kappa shape index (κ2) is 24.1. The first-order valence-corrected chi connectivity index (χ1v) is 19.9. The fourth-order valence-corrected chi connectivity index (χ4v) is 6.55. The van der Waals surface area contributed by atoms with E-state index >= 15 is 0 Å². The Morgan fingerprint density at radius 1 is 0.689 bits per heavy atom. The van der Waals surface area contributed by atoms with Crippen LogP contribution in [0.4, 0.5) is 0 Å². The maximum absolute atomic E-state index is 14.4. The van der Waals surface area contributed by atoms with Crippen LogP contribution >= 0.6 is 0 Å². The number of rotatable bonds is 25. The van der Waals surface area contributed by atoms with Gasteiger partial charge in [0.1, 0.15) is 42.0 Å². The highest BCUT2D eigenvalue weighted by molar-refractivity contribution is 5.98. The van der Waals surface area contributed by atoms with Gasteiger partial charge in [-0.15, -0.1) is 0 Å². The standard InChI is InChI=1S/C39H59N9O13/c1-19(2)14-24(44-35(56)25(17-31(42)51)43-33(54)23(40)11-12-30(41)50)34(55)46-27(16-21-7-9-22(49)10-8-21)38(59)48-13-5-6-29(48)37(58)45-26(18-32(52)53)36(57)47-28(39(60)61)15-20(3)4/h7-10,19-20,23-29,49H,5-6,11-18,40H2,1-4H3,(H2,41,50)(H2,42,51)(H,43,54)(H,44,56)(H,45,58)(H,46,55)(H,47,57)(H,52,53)(H,60,61)/t23-,24-,25-,26-,27-,28-,29-/m0/s1. The summed E-state index contributed by atoms with van der Waals surface area (Å²) in [5, 5.41) is 41.1. The zero-order valence-corrected chi connectivity index (χ0v) is 34.7. The fraction of sp³-hybridized carbons (Fsp3) is 0.590. The van der Waals surface area contributed by atoms with Crippen molar-refractivity contribution in [2.45, 2.75) is 128 Å². The summed E-state index contributed by atoms with van der Waals surface area (Å²) >= 11 is 0. The van der Waals surface area contributed by atoms with Crippen molar-refractivity contribution in [2.24, 2.45) is 29.0 Å². The molecule has 1 fully saturated rings. The van der Waals surface area contributed by atoms with E-state index in [2.05, 4.69) is 26.6 Å². The summed E-state index contributed by atoms with van der Waals surface area (Å²) in [6, 6.07) is -4.30. The van der Waals surface area contributed by atoms with E-state index in [4.69, 9.17) is 17.2 Å². The number of nitrogens with one attached hydrogen (secondary N) is 5. The number of hydrogen-bond donors (Lipinski definition) is 11. The van der Waals surface area contributed by atoms with E-state index < -0.39 is 114 Å². The third-order valence-corrected chi connectivity index (χ3v) is 9.58. The van der Waals surface area contributed by atoms with Gasteiger partial charge in [0.2, 0.25) is 47.3 Å². The number of phenols is 1. The molecule has 0 radical (unpaired) electrons. The molecule has 0 bridgehead atoms. The molecule has 8 amide bonds. The lowest BCUT2D eigenvalue weighted by atomic mass is 10.00. The molecular formula is C39H59N9O13. The van der Waals surface area contributed by atoms with Crippen LogP contribution in [-0.2, 0) is 54.4 Å². The van der Waals surface area contributed by atoms with Crippen LogP contribution in [0.25, 0.3) is 0 Å². The first kappa shape index (κ1) is 50.8. The highest BCUT2D eigenvalue weighted by Crippen LogP contribution is 2.21. The molecule has 22 nitrogen and oxygen atoms in total. The van der Waals surface area contributed by atoms with Gasteiger partial charge in [0.15, 0.2) is 0 Å². The molecule has 61 heavy (non-hydrogen) atoms. The second-order valence-corrected chi connectivity index (χ2v) is 15.8. The number of carbonyl (C=O) groups excluding carboxylic acids is 8. The van der Waals surface area contributed by atoms with Crippen LogP contribution in [-0.4, -0.2) is 128 Å². The van der Waals surface area contributed by atoms with Gasteiger partial charge in [-0.2, -0.15) is 0 Å². The van der Waals surface area contributed by atoms with Crippen molar-refractivity contribution < 1.29 is 63.3 Å². The quantitative estimate of drug-likeness (QED) is 0.0483. The Morgan fingerprint density at radius 2 is 1.20 bits per heavy atom. The van der Waals surface area contributed by atoms with E-state index in [1.165, 1.54) is 24.3 Å². The number of likely N-dealkylation sites (tertiary alicyclic amines) is 1. The zero-order chi connectivity index (χ0) is 46.1. The van der Waals surface area contributed by atoms with Gasteiger partial charge in [-0.05, 0) is 61.6 Å². The molecule has 1 heterocycles. The Hall–Kier alpha value is -6.32. The van der Waals surface area contributed by atoms with Crippen LogP contribution in [0, 0.1) is 11.8 Å². The topological polar surface area (TPSA) is 373 Å². The van der Waals surface area contributed by atoms with Crippen LogP contribution in [0.1, 0.15) is 84.6 Å². The maximum atomic E-state index is 14.4. The predicted octanol–water partition coefficient (Wildman–Crippen LogP) is -2.53. The smallest absolute Gasteiger partial charge is 0.326 e. The molecule has 1 saturated heterocycles. The van der Waals surface area contributed by atoms with Crippen LogP contribution in [0.3, 0.4) is 0 Å². The van der Waals surface area contributed by atoms with Crippen molar-refractivity contribution in [3.8, 4) is 5.75 Å². The normalized spacial score (nSPS) is 16.6. The monoisotopic (exact) mass is 861 g/mol. The molecule has 1 aliphatic heterocycles. The largest absolute Gasteiger partial charge is 0.508 e. The van der Waals surface area contributed by atoms with Gasteiger partial charge in [-0.1, -0.05) is 39.8 Å². The zero-order valence-electron chi connectivity index (χ0n) is 34.7. The Bertz CT molecular complexity index is 1770. The lowest BCUT2D eigenvalue weighted by Crippen LogP contribution is -2.60. The van der Waals surface area contributed by atoms with Crippen molar-refractivity contribution in [3.05, 3.63) is 29.8 Å². The summed E-state index contributed by atoms with van der Waals surface area (Å²) in [6.45, 7) is 6.93. The summed E-state index contributed by atoms with van der Waals surface area (Å²) in [5.74, 6) is -10.5. The average Bonchev–Trinajstić information content (AvgIpc) is 3.65. The van der Waals surface area contributed by atoms with Gasteiger partial charge in [-0.25, -0.2) is 4.79 Å². The Morgan fingerprint density at radius 3 is 1.72 bits per heavy atom. The number of benzene rings is 1. The van der Waals surface area contributed by atoms with Gasteiger partial charge in [-0.3, -0.25) is 43.2 Å². The predicted molar refractivity (Wildman–Crippen MR) is 215 cm³/mol. The van der Waals surface area contributed by atoms with Crippen molar-refractivity contribution in [1.82, 2.24) is 31.5 Å². The molecule has 0 aliphatic carbocycles. The van der Waals surface area contributed by atoms with Gasteiger partial charge in [0, 0.05) is 19.4 Å². The lowest BCUT2D eigenvalue weighted by Gasteiger charge is -2.31. The average molecular weight is 862 g/mol. The Kier molecular flexibility index (Phi) is 20.0. The van der Waals surface area contributed by atoms with Crippen molar-refractivity contribution >= 4 is 59.2 Å². The van der Waals surface area contributed by atoms with Crippen molar-refractivity contribution in [2.75, 3.05) is 6.54 Å². The number of aromatic hydroxyl groups is 1. The molecule has 22 heteroatoms. The lowest BCUT2D eigenvalue weighted by molar-refractivity contribution is -0.145. The SMILES string of the molecule is CC(C)C[C@H](NC(=O)[C@H](CC(=O)O)NC(=O)[C@@H]1CCCN1C(=O)[C@H](Cc1ccc(O)cc1)NC(=O)[C@H](CC(C)C)NC(=O)[C@H](CC(N)=O)NC(=O)[C@@H](N)CCC(N)=O)C(=O)O. The van der Waals surface area contributed by atoms with E-state index in [0.29, 0.717) is 12.0 Å². The molecule has 1 aromatic rings. The minimum Gasteiger partial charge on any atom is -0.508 e. The summed E-state index contributed by atoms with van der Waals surface area (Å²) < 4.78 is 0. The summed E-state index contributed by atoms with van der Waals surface area (Å²) in [7, 11) is 0. The number of carboxylic acids is 2. The molecule has 0 saturated carbocycles.